The molecule has 0 spiro atoms. The third-order valence-electron chi connectivity index (χ3n) is 3.68. The number of carbonyl (C=O) groups is 2. The number of benzene rings is 2. The highest BCUT2D eigenvalue weighted by molar-refractivity contribution is 5.96. The Labute approximate surface area is 155 Å². The average Bonchev–Trinajstić information content (AvgIpc) is 3.22. The molecule has 138 valence electrons. The second kappa shape index (κ2) is 8.61. The van der Waals surface area contributed by atoms with Crippen molar-refractivity contribution in [3.63, 3.8) is 0 Å². The standard InChI is InChI=1S/C19H18N4O4/c1-13(17(24)22-19(25)20-11-14-5-3-2-4-6-14)27-16-9-7-15(8-10-16)18-23-21-12-26-18/h2-10,12-13H,11H2,1H3,(H2,20,22,24,25). The van der Waals surface area contributed by atoms with E-state index in [1.807, 2.05) is 30.3 Å². The molecule has 0 saturated carbocycles. The van der Waals surface area contributed by atoms with Gasteiger partial charge in [-0.05, 0) is 36.8 Å². The Morgan fingerprint density at radius 2 is 1.85 bits per heavy atom. The summed E-state index contributed by atoms with van der Waals surface area (Å²) in [5.41, 5.74) is 1.67. The summed E-state index contributed by atoms with van der Waals surface area (Å²) in [6.07, 6.45) is 0.399. The highest BCUT2D eigenvalue weighted by Crippen LogP contribution is 2.20. The summed E-state index contributed by atoms with van der Waals surface area (Å²) in [6.45, 7) is 1.89. The van der Waals surface area contributed by atoms with E-state index in [1.54, 1.807) is 31.2 Å². The van der Waals surface area contributed by atoms with Crippen molar-refractivity contribution in [2.75, 3.05) is 0 Å². The van der Waals surface area contributed by atoms with Crippen molar-refractivity contribution in [1.29, 1.82) is 0 Å². The third-order valence-corrected chi connectivity index (χ3v) is 3.68. The Kier molecular flexibility index (Phi) is 5.78. The maximum atomic E-state index is 12.1. The summed E-state index contributed by atoms with van der Waals surface area (Å²) in [7, 11) is 0. The fourth-order valence-electron chi connectivity index (χ4n) is 2.27. The van der Waals surface area contributed by atoms with Gasteiger partial charge in [-0.2, -0.15) is 0 Å². The monoisotopic (exact) mass is 366 g/mol. The highest BCUT2D eigenvalue weighted by atomic mass is 16.5. The minimum absolute atomic E-state index is 0.326. The minimum atomic E-state index is -0.846. The van der Waals surface area contributed by atoms with Crippen LogP contribution in [0.3, 0.4) is 0 Å². The van der Waals surface area contributed by atoms with Crippen molar-refractivity contribution in [2.45, 2.75) is 19.6 Å². The van der Waals surface area contributed by atoms with Crippen LogP contribution in [0.25, 0.3) is 11.5 Å². The minimum Gasteiger partial charge on any atom is -0.481 e. The number of amides is 3. The molecule has 1 heterocycles. The maximum absolute atomic E-state index is 12.1. The lowest BCUT2D eigenvalue weighted by Gasteiger charge is -2.14. The molecule has 0 aliphatic rings. The van der Waals surface area contributed by atoms with Crippen LogP contribution in [-0.4, -0.2) is 28.2 Å². The Morgan fingerprint density at radius 1 is 1.11 bits per heavy atom. The molecule has 3 rings (SSSR count). The third kappa shape index (κ3) is 5.15. The zero-order chi connectivity index (χ0) is 19.1. The molecule has 27 heavy (non-hydrogen) atoms. The summed E-state index contributed by atoms with van der Waals surface area (Å²) in [5.74, 6) is 0.328. The van der Waals surface area contributed by atoms with E-state index in [0.29, 0.717) is 18.2 Å². The summed E-state index contributed by atoms with van der Waals surface area (Å²) in [5, 5.41) is 12.3. The van der Waals surface area contributed by atoms with E-state index in [9.17, 15) is 9.59 Å². The molecule has 3 amide bonds. The van der Waals surface area contributed by atoms with Gasteiger partial charge in [0.05, 0.1) is 0 Å². The molecule has 0 radical (unpaired) electrons. The molecule has 2 aromatic carbocycles. The first-order chi connectivity index (χ1) is 13.1. The van der Waals surface area contributed by atoms with Gasteiger partial charge in [0.25, 0.3) is 5.91 Å². The molecule has 1 unspecified atom stereocenters. The number of carbonyl (C=O) groups excluding carboxylic acids is 2. The van der Waals surface area contributed by atoms with E-state index < -0.39 is 18.0 Å². The van der Waals surface area contributed by atoms with E-state index in [2.05, 4.69) is 20.8 Å². The second-order valence-electron chi connectivity index (χ2n) is 5.69. The van der Waals surface area contributed by atoms with Crippen LogP contribution in [-0.2, 0) is 11.3 Å². The fourth-order valence-corrected chi connectivity index (χ4v) is 2.27. The molecule has 3 aromatic rings. The van der Waals surface area contributed by atoms with E-state index in [0.717, 1.165) is 11.1 Å². The van der Waals surface area contributed by atoms with Crippen LogP contribution >= 0.6 is 0 Å². The summed E-state index contributed by atoms with van der Waals surface area (Å²) in [4.78, 5) is 23.9. The number of hydrogen-bond acceptors (Lipinski definition) is 6. The molecular formula is C19H18N4O4. The molecule has 2 N–H and O–H groups in total. The van der Waals surface area contributed by atoms with Gasteiger partial charge < -0.3 is 14.5 Å². The zero-order valence-corrected chi connectivity index (χ0v) is 14.6. The summed E-state index contributed by atoms with van der Waals surface area (Å²) in [6, 6.07) is 15.7. The number of urea groups is 1. The van der Waals surface area contributed by atoms with Crippen LogP contribution in [0.5, 0.6) is 5.75 Å². The molecule has 0 aliphatic carbocycles. The van der Waals surface area contributed by atoms with Gasteiger partial charge in [0.15, 0.2) is 6.10 Å². The number of ether oxygens (including phenoxy) is 1. The largest absolute Gasteiger partial charge is 0.481 e. The van der Waals surface area contributed by atoms with Gasteiger partial charge in [-0.25, -0.2) is 4.79 Å². The van der Waals surface area contributed by atoms with Crippen LogP contribution in [0.4, 0.5) is 4.79 Å². The normalized spacial score (nSPS) is 11.4. The van der Waals surface area contributed by atoms with E-state index in [1.165, 1.54) is 6.39 Å². The van der Waals surface area contributed by atoms with Crippen LogP contribution in [0.15, 0.2) is 65.4 Å². The van der Waals surface area contributed by atoms with E-state index >= 15 is 0 Å². The zero-order valence-electron chi connectivity index (χ0n) is 14.6. The quantitative estimate of drug-likeness (QED) is 0.694. The van der Waals surface area contributed by atoms with Gasteiger partial charge in [0, 0.05) is 12.1 Å². The topological polar surface area (TPSA) is 106 Å². The van der Waals surface area contributed by atoms with Crippen LogP contribution in [0, 0.1) is 0 Å². The van der Waals surface area contributed by atoms with Crippen molar-refractivity contribution in [3.8, 4) is 17.2 Å². The van der Waals surface area contributed by atoms with Crippen molar-refractivity contribution < 1.29 is 18.7 Å². The molecule has 1 aromatic heterocycles. The van der Waals surface area contributed by atoms with Gasteiger partial charge in [-0.3, -0.25) is 10.1 Å². The van der Waals surface area contributed by atoms with Crippen LogP contribution in [0.1, 0.15) is 12.5 Å². The lowest BCUT2D eigenvalue weighted by Crippen LogP contribution is -2.44. The van der Waals surface area contributed by atoms with Gasteiger partial charge >= 0.3 is 6.03 Å². The Balaban J connectivity index is 1.47. The predicted molar refractivity (Wildman–Crippen MR) is 96.6 cm³/mol. The van der Waals surface area contributed by atoms with E-state index in [-0.39, 0.29) is 0 Å². The molecule has 0 aliphatic heterocycles. The van der Waals surface area contributed by atoms with Crippen molar-refractivity contribution >= 4 is 11.9 Å². The SMILES string of the molecule is CC(Oc1ccc(-c2nnco2)cc1)C(=O)NC(=O)NCc1ccccc1. The molecule has 0 fully saturated rings. The first kappa shape index (κ1) is 18.1. The van der Waals surface area contributed by atoms with Crippen LogP contribution in [0.2, 0.25) is 0 Å². The number of hydrogen-bond donors (Lipinski definition) is 2. The summed E-state index contributed by atoms with van der Waals surface area (Å²) >= 11 is 0. The number of imide groups is 1. The number of aromatic nitrogens is 2. The van der Waals surface area contributed by atoms with Gasteiger partial charge in [0.2, 0.25) is 12.3 Å². The molecule has 0 bridgehead atoms. The first-order valence-electron chi connectivity index (χ1n) is 8.27. The maximum Gasteiger partial charge on any atom is 0.321 e. The number of nitrogens with one attached hydrogen (secondary N) is 2. The molecule has 8 heteroatoms. The predicted octanol–water partition coefficient (Wildman–Crippen LogP) is 2.53. The summed E-state index contributed by atoms with van der Waals surface area (Å²) < 4.78 is 10.7. The van der Waals surface area contributed by atoms with Crippen molar-refractivity contribution in [2.24, 2.45) is 0 Å². The number of nitrogens with zero attached hydrogens (tertiary/aromatic N) is 2. The molecule has 1 atom stereocenters. The lowest BCUT2D eigenvalue weighted by atomic mass is 10.2. The second-order valence-corrected chi connectivity index (χ2v) is 5.69. The van der Waals surface area contributed by atoms with Gasteiger partial charge in [0.1, 0.15) is 5.75 Å². The Hall–Kier alpha value is -3.68. The fraction of sp³-hybridized carbons (Fsp3) is 0.158. The van der Waals surface area contributed by atoms with Crippen molar-refractivity contribution in [3.05, 3.63) is 66.6 Å². The van der Waals surface area contributed by atoms with Crippen LogP contribution < -0.4 is 15.4 Å². The highest BCUT2D eigenvalue weighted by Gasteiger charge is 2.17. The average molecular weight is 366 g/mol. The number of rotatable bonds is 6. The molecule has 0 saturated heterocycles. The van der Waals surface area contributed by atoms with Gasteiger partial charge in [-0.15, -0.1) is 10.2 Å². The smallest absolute Gasteiger partial charge is 0.321 e. The lowest BCUT2D eigenvalue weighted by molar-refractivity contribution is -0.126. The Morgan fingerprint density at radius 3 is 2.52 bits per heavy atom. The Bertz CT molecular complexity index is 880. The van der Waals surface area contributed by atoms with Gasteiger partial charge in [-0.1, -0.05) is 30.3 Å². The van der Waals surface area contributed by atoms with E-state index in [4.69, 9.17) is 9.15 Å². The van der Waals surface area contributed by atoms with Crippen molar-refractivity contribution in [1.82, 2.24) is 20.8 Å². The first-order valence-corrected chi connectivity index (χ1v) is 8.27. The molecular weight excluding hydrogens is 348 g/mol. The molecule has 8 nitrogen and oxygen atoms in total.